The highest BCUT2D eigenvalue weighted by Crippen LogP contribution is 2.39. The number of thioether (sulfide) groups is 1. The van der Waals surface area contributed by atoms with Crippen molar-refractivity contribution in [2.24, 2.45) is 0 Å². The van der Waals surface area contributed by atoms with Gasteiger partial charge in [0.15, 0.2) is 0 Å². The summed E-state index contributed by atoms with van der Waals surface area (Å²) in [5.74, 6) is -1.10. The average Bonchev–Trinajstić information content (AvgIpc) is 2.93. The van der Waals surface area contributed by atoms with Gasteiger partial charge in [-0.2, -0.15) is 0 Å². The molecule has 7 heteroatoms. The van der Waals surface area contributed by atoms with Crippen molar-refractivity contribution in [1.82, 2.24) is 9.97 Å². The van der Waals surface area contributed by atoms with Gasteiger partial charge in [-0.05, 0) is 24.6 Å². The molecular formula is C15H10BrN2O2S2-. The van der Waals surface area contributed by atoms with Crippen molar-refractivity contribution in [1.29, 1.82) is 0 Å². The Hall–Kier alpha value is -1.44. The van der Waals surface area contributed by atoms with Crippen molar-refractivity contribution in [2.75, 3.05) is 0 Å². The van der Waals surface area contributed by atoms with E-state index in [1.54, 1.807) is 6.92 Å². The van der Waals surface area contributed by atoms with Gasteiger partial charge in [0.25, 0.3) is 0 Å². The first kappa shape index (κ1) is 15.5. The Labute approximate surface area is 143 Å². The smallest absolute Gasteiger partial charge is 0.128 e. The lowest BCUT2D eigenvalue weighted by Crippen LogP contribution is -2.31. The fraction of sp³-hybridized carbons (Fsp3) is 0.133. The molecule has 2 aromatic heterocycles. The molecule has 3 rings (SSSR count). The second kappa shape index (κ2) is 6.36. The van der Waals surface area contributed by atoms with Crippen LogP contribution in [0.1, 0.15) is 6.92 Å². The van der Waals surface area contributed by atoms with Gasteiger partial charge in [0, 0.05) is 20.7 Å². The van der Waals surface area contributed by atoms with Gasteiger partial charge in [0.05, 0.1) is 11.4 Å². The van der Waals surface area contributed by atoms with Gasteiger partial charge in [0.2, 0.25) is 0 Å². The third-order valence-corrected chi connectivity index (χ3v) is 5.60. The molecule has 0 spiro atoms. The van der Waals surface area contributed by atoms with Crippen molar-refractivity contribution in [2.45, 2.75) is 17.2 Å². The minimum absolute atomic E-state index is 0.667. The Balaban J connectivity index is 2.12. The van der Waals surface area contributed by atoms with Crippen LogP contribution >= 0.6 is 39.0 Å². The largest absolute Gasteiger partial charge is 0.549 e. The van der Waals surface area contributed by atoms with Crippen molar-refractivity contribution in [3.05, 3.63) is 40.4 Å². The van der Waals surface area contributed by atoms with Crippen LogP contribution in [0.15, 0.2) is 45.5 Å². The third kappa shape index (κ3) is 3.02. The zero-order valence-electron chi connectivity index (χ0n) is 11.4. The molecular weight excluding hydrogens is 384 g/mol. The normalized spacial score (nSPS) is 12.5. The first-order chi connectivity index (χ1) is 10.6. The Bertz CT molecular complexity index is 833. The maximum atomic E-state index is 11.0. The van der Waals surface area contributed by atoms with E-state index >= 15 is 0 Å². The lowest BCUT2D eigenvalue weighted by Gasteiger charge is -2.12. The van der Waals surface area contributed by atoms with E-state index in [2.05, 4.69) is 25.9 Å². The van der Waals surface area contributed by atoms with E-state index in [0.717, 1.165) is 25.8 Å². The van der Waals surface area contributed by atoms with E-state index in [1.165, 1.54) is 29.4 Å². The lowest BCUT2D eigenvalue weighted by atomic mass is 10.1. The van der Waals surface area contributed by atoms with Gasteiger partial charge in [-0.3, -0.25) is 0 Å². The minimum Gasteiger partial charge on any atom is -0.549 e. The highest BCUT2D eigenvalue weighted by Gasteiger charge is 2.16. The minimum atomic E-state index is -1.10. The summed E-state index contributed by atoms with van der Waals surface area (Å²) in [4.78, 5) is 20.4. The summed E-state index contributed by atoms with van der Waals surface area (Å²) in [6.07, 6.45) is 1.47. The number of thiophene rings is 1. The summed E-state index contributed by atoms with van der Waals surface area (Å²) in [5, 5.41) is 13.9. The quantitative estimate of drug-likeness (QED) is 0.502. The maximum Gasteiger partial charge on any atom is 0.128 e. The van der Waals surface area contributed by atoms with E-state index in [4.69, 9.17) is 0 Å². The molecule has 0 unspecified atom stereocenters. The van der Waals surface area contributed by atoms with Crippen molar-refractivity contribution in [3.63, 3.8) is 0 Å². The summed E-state index contributed by atoms with van der Waals surface area (Å²) in [7, 11) is 0. The number of rotatable bonds is 4. The van der Waals surface area contributed by atoms with Crippen molar-refractivity contribution in [3.8, 4) is 11.1 Å². The lowest BCUT2D eigenvalue weighted by molar-refractivity contribution is -0.304. The predicted molar refractivity (Wildman–Crippen MR) is 90.9 cm³/mol. The van der Waals surface area contributed by atoms with Crippen molar-refractivity contribution < 1.29 is 9.90 Å². The molecule has 0 fully saturated rings. The Morgan fingerprint density at radius 3 is 2.73 bits per heavy atom. The zero-order chi connectivity index (χ0) is 15.7. The number of halogens is 1. The Morgan fingerprint density at radius 1 is 1.32 bits per heavy atom. The van der Waals surface area contributed by atoms with E-state index in [1.807, 2.05) is 29.6 Å². The monoisotopic (exact) mass is 393 g/mol. The third-order valence-electron chi connectivity index (χ3n) is 3.11. The van der Waals surface area contributed by atoms with Crippen LogP contribution in [0.2, 0.25) is 0 Å². The number of benzene rings is 1. The summed E-state index contributed by atoms with van der Waals surface area (Å²) in [6, 6.07) is 7.96. The fourth-order valence-electron chi connectivity index (χ4n) is 1.99. The predicted octanol–water partition coefficient (Wildman–Crippen LogP) is 3.35. The number of nitrogens with zero attached hydrogens (tertiary/aromatic N) is 2. The van der Waals surface area contributed by atoms with Crippen LogP contribution in [0.3, 0.4) is 0 Å². The van der Waals surface area contributed by atoms with E-state index < -0.39 is 11.2 Å². The Morgan fingerprint density at radius 2 is 2.05 bits per heavy atom. The first-order valence-corrected chi connectivity index (χ1v) is 8.97. The summed E-state index contributed by atoms with van der Waals surface area (Å²) < 4.78 is 1.01. The van der Waals surface area contributed by atoms with Crippen molar-refractivity contribution >= 4 is 55.2 Å². The van der Waals surface area contributed by atoms with Crippen LogP contribution in [0.4, 0.5) is 0 Å². The SMILES string of the molecule is C[C@H](Sc1ncnc2scc(-c3ccc(Br)cc3)c12)C(=O)[O-]. The number of carboxylic acids is 1. The summed E-state index contributed by atoms with van der Waals surface area (Å²) in [5.41, 5.74) is 2.06. The molecule has 0 aliphatic rings. The molecule has 0 bridgehead atoms. The van der Waals surface area contributed by atoms with Crippen LogP contribution in [0.5, 0.6) is 0 Å². The summed E-state index contributed by atoms with van der Waals surface area (Å²) >= 11 is 6.13. The van der Waals surface area contributed by atoms with Crippen LogP contribution in [-0.2, 0) is 4.79 Å². The van der Waals surface area contributed by atoms with E-state index in [0.29, 0.717) is 5.03 Å². The molecule has 22 heavy (non-hydrogen) atoms. The maximum absolute atomic E-state index is 11.0. The molecule has 1 aromatic carbocycles. The molecule has 0 aliphatic heterocycles. The van der Waals surface area contributed by atoms with Gasteiger partial charge in [-0.1, -0.05) is 39.8 Å². The number of fused-ring (bicyclic) bond motifs is 1. The van der Waals surface area contributed by atoms with Gasteiger partial charge in [-0.25, -0.2) is 9.97 Å². The number of hydrogen-bond donors (Lipinski definition) is 0. The molecule has 0 radical (unpaired) electrons. The first-order valence-electron chi connectivity index (χ1n) is 6.42. The van der Waals surface area contributed by atoms with Crippen LogP contribution in [0.25, 0.3) is 21.3 Å². The second-order valence-electron chi connectivity index (χ2n) is 4.59. The molecule has 0 saturated carbocycles. The fourth-order valence-corrected chi connectivity index (χ4v) is 4.10. The molecule has 3 aromatic rings. The molecule has 2 heterocycles. The van der Waals surface area contributed by atoms with Crippen LogP contribution in [0, 0.1) is 0 Å². The van der Waals surface area contributed by atoms with Gasteiger partial charge in [-0.15, -0.1) is 11.3 Å². The molecule has 0 N–H and O–H groups in total. The Kier molecular flexibility index (Phi) is 4.46. The molecule has 0 saturated heterocycles. The van der Waals surface area contributed by atoms with Gasteiger partial charge >= 0.3 is 0 Å². The highest BCUT2D eigenvalue weighted by atomic mass is 79.9. The van der Waals surface area contributed by atoms with Crippen LogP contribution in [-0.4, -0.2) is 21.2 Å². The number of aliphatic carboxylic acids is 1. The topological polar surface area (TPSA) is 65.9 Å². The molecule has 1 atom stereocenters. The molecule has 0 amide bonds. The van der Waals surface area contributed by atoms with Gasteiger partial charge in [0.1, 0.15) is 16.2 Å². The van der Waals surface area contributed by atoms with Gasteiger partial charge < -0.3 is 9.90 Å². The van der Waals surface area contributed by atoms with Crippen LogP contribution < -0.4 is 5.11 Å². The average molecular weight is 394 g/mol. The number of hydrogen-bond acceptors (Lipinski definition) is 6. The molecule has 4 nitrogen and oxygen atoms in total. The number of carbonyl (C=O) groups is 1. The zero-order valence-corrected chi connectivity index (χ0v) is 14.7. The summed E-state index contributed by atoms with van der Waals surface area (Å²) in [6.45, 7) is 1.60. The number of carboxylic acid groups (broad SMARTS) is 1. The number of aromatic nitrogens is 2. The van der Waals surface area contributed by atoms with E-state index in [-0.39, 0.29) is 0 Å². The molecule has 112 valence electrons. The second-order valence-corrected chi connectivity index (χ2v) is 7.70. The number of carbonyl (C=O) groups excluding carboxylic acids is 1. The standard InChI is InChI=1S/C15H11BrN2O2S2/c1-8(15(19)20)22-14-12-11(6-21-13(12)17-7-18-14)9-2-4-10(16)5-3-9/h2-8H,1H3,(H,19,20)/p-1/t8-/m0/s1. The molecule has 0 aliphatic carbocycles. The highest BCUT2D eigenvalue weighted by molar-refractivity contribution is 9.10. The van der Waals surface area contributed by atoms with E-state index in [9.17, 15) is 9.90 Å².